The van der Waals surface area contributed by atoms with Gasteiger partial charge in [0.2, 0.25) is 0 Å². The van der Waals surface area contributed by atoms with Crippen LogP contribution in [0.15, 0.2) is 15.9 Å². The number of thiophene rings is 1. The molecule has 2 rings (SSSR count). The lowest BCUT2D eigenvalue weighted by Gasteiger charge is -2.25. The van der Waals surface area contributed by atoms with E-state index < -0.39 is 5.60 Å². The summed E-state index contributed by atoms with van der Waals surface area (Å²) in [6, 6.07) is 2.05. The van der Waals surface area contributed by atoms with Crippen LogP contribution in [0.5, 0.6) is 0 Å². The summed E-state index contributed by atoms with van der Waals surface area (Å²) in [5.74, 6) is 0. The third-order valence-corrected chi connectivity index (χ3v) is 4.87. The van der Waals surface area contributed by atoms with Crippen molar-refractivity contribution in [2.24, 2.45) is 0 Å². The van der Waals surface area contributed by atoms with Gasteiger partial charge in [0.15, 0.2) is 0 Å². The van der Waals surface area contributed by atoms with Gasteiger partial charge in [0.1, 0.15) is 0 Å². The summed E-state index contributed by atoms with van der Waals surface area (Å²) in [6.45, 7) is 1.97. The summed E-state index contributed by atoms with van der Waals surface area (Å²) < 4.78 is 1.14. The van der Waals surface area contributed by atoms with Crippen LogP contribution in [0.1, 0.15) is 24.1 Å². The van der Waals surface area contributed by atoms with Gasteiger partial charge in [-0.25, -0.2) is 0 Å². The Morgan fingerprint density at radius 1 is 1.47 bits per heavy atom. The van der Waals surface area contributed by atoms with Gasteiger partial charge in [-0.2, -0.15) is 0 Å². The van der Waals surface area contributed by atoms with Crippen molar-refractivity contribution in [2.75, 3.05) is 13.1 Å². The van der Waals surface area contributed by atoms with E-state index in [1.54, 1.807) is 11.3 Å². The molecule has 0 amide bonds. The standard InChI is InChI=1S/C11H16BrNOS/c12-9-2-7-15-10(9)8-11(14)3-1-5-13-6-4-11/h2,7,13-14H,1,3-6,8H2. The topological polar surface area (TPSA) is 32.3 Å². The van der Waals surface area contributed by atoms with E-state index in [0.717, 1.165) is 43.2 Å². The Kier molecular flexibility index (Phi) is 3.83. The Balaban J connectivity index is 2.05. The van der Waals surface area contributed by atoms with Gasteiger partial charge in [0.25, 0.3) is 0 Å². The molecule has 1 aliphatic rings. The van der Waals surface area contributed by atoms with Crippen molar-refractivity contribution in [2.45, 2.75) is 31.3 Å². The highest BCUT2D eigenvalue weighted by molar-refractivity contribution is 9.10. The number of hydrogen-bond donors (Lipinski definition) is 2. The van der Waals surface area contributed by atoms with Crippen LogP contribution in [0.3, 0.4) is 0 Å². The van der Waals surface area contributed by atoms with Crippen molar-refractivity contribution < 1.29 is 5.11 Å². The first-order chi connectivity index (χ1) is 7.20. The molecule has 1 unspecified atom stereocenters. The van der Waals surface area contributed by atoms with Crippen molar-refractivity contribution >= 4 is 27.3 Å². The molecule has 15 heavy (non-hydrogen) atoms. The molecule has 0 aromatic carbocycles. The predicted molar refractivity (Wildman–Crippen MR) is 67.4 cm³/mol. The first kappa shape index (κ1) is 11.6. The zero-order valence-electron chi connectivity index (χ0n) is 8.63. The molecule has 84 valence electrons. The van der Waals surface area contributed by atoms with Gasteiger partial charge in [0.05, 0.1) is 5.60 Å². The lowest BCUT2D eigenvalue weighted by Crippen LogP contribution is -2.32. The van der Waals surface area contributed by atoms with E-state index in [4.69, 9.17) is 0 Å². The van der Waals surface area contributed by atoms with Crippen molar-refractivity contribution in [3.8, 4) is 0 Å². The SMILES string of the molecule is OC1(Cc2sccc2Br)CCCNCC1. The summed E-state index contributed by atoms with van der Waals surface area (Å²) in [4.78, 5) is 1.26. The molecule has 1 fully saturated rings. The number of halogens is 1. The van der Waals surface area contributed by atoms with Crippen molar-refractivity contribution in [1.82, 2.24) is 5.32 Å². The molecule has 2 heterocycles. The molecule has 0 spiro atoms. The fraction of sp³-hybridized carbons (Fsp3) is 0.636. The van der Waals surface area contributed by atoms with Crippen molar-refractivity contribution in [3.63, 3.8) is 0 Å². The van der Waals surface area contributed by atoms with Crippen LogP contribution < -0.4 is 5.32 Å². The first-order valence-electron chi connectivity index (χ1n) is 5.35. The van der Waals surface area contributed by atoms with Crippen LogP contribution in [0.25, 0.3) is 0 Å². The number of aliphatic hydroxyl groups is 1. The van der Waals surface area contributed by atoms with Crippen LogP contribution in [0, 0.1) is 0 Å². The van der Waals surface area contributed by atoms with Gasteiger partial charge in [0, 0.05) is 15.8 Å². The Bertz CT molecular complexity index is 318. The second-order valence-electron chi connectivity index (χ2n) is 4.20. The minimum absolute atomic E-state index is 0.503. The predicted octanol–water partition coefficient (Wildman–Crippen LogP) is 2.56. The van der Waals surface area contributed by atoms with Crippen molar-refractivity contribution in [3.05, 3.63) is 20.8 Å². The average Bonchev–Trinajstić information content (AvgIpc) is 2.48. The van der Waals surface area contributed by atoms with Crippen LogP contribution in [0.4, 0.5) is 0 Å². The molecule has 1 atom stereocenters. The van der Waals surface area contributed by atoms with E-state index in [-0.39, 0.29) is 0 Å². The van der Waals surface area contributed by atoms with Crippen LogP contribution in [-0.4, -0.2) is 23.8 Å². The number of hydrogen-bond acceptors (Lipinski definition) is 3. The van der Waals surface area contributed by atoms with Crippen LogP contribution in [0.2, 0.25) is 0 Å². The maximum absolute atomic E-state index is 10.5. The van der Waals surface area contributed by atoms with Gasteiger partial charge < -0.3 is 10.4 Å². The number of rotatable bonds is 2. The number of nitrogens with one attached hydrogen (secondary N) is 1. The zero-order valence-corrected chi connectivity index (χ0v) is 11.0. The second kappa shape index (κ2) is 4.95. The Hall–Kier alpha value is 0.1000. The molecule has 0 saturated carbocycles. The van der Waals surface area contributed by atoms with E-state index in [2.05, 4.69) is 32.7 Å². The van der Waals surface area contributed by atoms with Gasteiger partial charge in [-0.3, -0.25) is 0 Å². The summed E-state index contributed by atoms with van der Waals surface area (Å²) in [7, 11) is 0. The molecule has 1 saturated heterocycles. The molecule has 2 N–H and O–H groups in total. The maximum Gasteiger partial charge on any atom is 0.0708 e. The second-order valence-corrected chi connectivity index (χ2v) is 6.05. The monoisotopic (exact) mass is 289 g/mol. The summed E-state index contributed by atoms with van der Waals surface area (Å²) in [5, 5.41) is 15.9. The van der Waals surface area contributed by atoms with Gasteiger partial charge >= 0.3 is 0 Å². The Labute approximate surface area is 103 Å². The smallest absolute Gasteiger partial charge is 0.0708 e. The summed E-state index contributed by atoms with van der Waals surface area (Å²) in [6.07, 6.45) is 3.62. The largest absolute Gasteiger partial charge is 0.389 e. The van der Waals surface area contributed by atoms with E-state index >= 15 is 0 Å². The molecular formula is C11H16BrNOS. The molecule has 2 nitrogen and oxygen atoms in total. The highest BCUT2D eigenvalue weighted by Crippen LogP contribution is 2.31. The molecule has 1 aromatic rings. The van der Waals surface area contributed by atoms with E-state index in [9.17, 15) is 5.11 Å². The fourth-order valence-corrected chi connectivity index (χ4v) is 3.67. The molecule has 0 bridgehead atoms. The minimum atomic E-state index is -0.503. The Morgan fingerprint density at radius 2 is 2.33 bits per heavy atom. The summed E-state index contributed by atoms with van der Waals surface area (Å²) >= 11 is 5.24. The van der Waals surface area contributed by atoms with E-state index in [1.807, 2.05) is 0 Å². The molecule has 4 heteroatoms. The third-order valence-electron chi connectivity index (χ3n) is 2.94. The maximum atomic E-state index is 10.5. The highest BCUT2D eigenvalue weighted by Gasteiger charge is 2.29. The quantitative estimate of drug-likeness (QED) is 0.877. The Morgan fingerprint density at radius 3 is 3.07 bits per heavy atom. The lowest BCUT2D eigenvalue weighted by atomic mass is 9.90. The third kappa shape index (κ3) is 3.03. The fourth-order valence-electron chi connectivity index (χ4n) is 2.04. The summed E-state index contributed by atoms with van der Waals surface area (Å²) in [5.41, 5.74) is -0.503. The van der Waals surface area contributed by atoms with Gasteiger partial charge in [-0.1, -0.05) is 0 Å². The highest BCUT2D eigenvalue weighted by atomic mass is 79.9. The molecule has 0 aliphatic carbocycles. The van der Waals surface area contributed by atoms with E-state index in [0.29, 0.717) is 0 Å². The normalized spacial score (nSPS) is 27.6. The van der Waals surface area contributed by atoms with Gasteiger partial charge in [-0.05, 0) is 59.7 Å². The minimum Gasteiger partial charge on any atom is -0.389 e. The van der Waals surface area contributed by atoms with Crippen LogP contribution in [-0.2, 0) is 6.42 Å². The molecular weight excluding hydrogens is 274 g/mol. The van der Waals surface area contributed by atoms with Crippen LogP contribution >= 0.6 is 27.3 Å². The average molecular weight is 290 g/mol. The van der Waals surface area contributed by atoms with Crippen molar-refractivity contribution in [1.29, 1.82) is 0 Å². The molecule has 1 aromatic heterocycles. The lowest BCUT2D eigenvalue weighted by molar-refractivity contribution is 0.0291. The zero-order chi connectivity index (χ0) is 10.7. The molecule has 0 radical (unpaired) electrons. The molecule has 1 aliphatic heterocycles. The first-order valence-corrected chi connectivity index (χ1v) is 7.02. The van der Waals surface area contributed by atoms with E-state index in [1.165, 1.54) is 4.88 Å². The van der Waals surface area contributed by atoms with Gasteiger partial charge in [-0.15, -0.1) is 11.3 Å².